The van der Waals surface area contributed by atoms with Crippen molar-refractivity contribution in [3.05, 3.63) is 12.2 Å². The third-order valence-electron chi connectivity index (χ3n) is 6.21. The van der Waals surface area contributed by atoms with Crippen LogP contribution in [0.5, 0.6) is 0 Å². The fourth-order valence-corrected chi connectivity index (χ4v) is 4.21. The maximum Gasteiger partial charge on any atom is -0.0351 e. The van der Waals surface area contributed by atoms with Crippen LogP contribution in [0.4, 0.5) is 0 Å². The summed E-state index contributed by atoms with van der Waals surface area (Å²) in [4.78, 5) is 0. The average molecular weight is 393 g/mol. The van der Waals surface area contributed by atoms with Crippen molar-refractivity contribution in [2.75, 3.05) is 0 Å². The van der Waals surface area contributed by atoms with Gasteiger partial charge in [-0.05, 0) is 19.8 Å². The van der Waals surface area contributed by atoms with Gasteiger partial charge in [0.15, 0.2) is 0 Å². The van der Waals surface area contributed by atoms with E-state index < -0.39 is 0 Å². The summed E-state index contributed by atoms with van der Waals surface area (Å²) in [6, 6.07) is 0. The molecule has 0 heterocycles. The summed E-state index contributed by atoms with van der Waals surface area (Å²) < 4.78 is 0. The van der Waals surface area contributed by atoms with E-state index >= 15 is 0 Å². The highest BCUT2D eigenvalue weighted by molar-refractivity contribution is 4.76. The molecule has 0 aromatic rings. The van der Waals surface area contributed by atoms with Gasteiger partial charge in [0.05, 0.1) is 0 Å². The maximum absolute atomic E-state index is 2.30. The van der Waals surface area contributed by atoms with Crippen LogP contribution in [0.2, 0.25) is 0 Å². The Morgan fingerprint density at radius 3 is 0.857 bits per heavy atom. The molecule has 0 aromatic heterocycles. The molecule has 0 unspecified atom stereocenters. The van der Waals surface area contributed by atoms with Gasteiger partial charge in [-0.15, -0.1) is 0 Å². The molecular weight excluding hydrogens is 336 g/mol. The van der Waals surface area contributed by atoms with Crippen LogP contribution in [0.25, 0.3) is 0 Å². The lowest BCUT2D eigenvalue weighted by molar-refractivity contribution is 0.518. The Bertz CT molecular complexity index is 278. The second kappa shape index (κ2) is 26.7. The third-order valence-corrected chi connectivity index (χ3v) is 6.21. The van der Waals surface area contributed by atoms with Crippen LogP contribution in [-0.2, 0) is 0 Å². The van der Waals surface area contributed by atoms with Crippen molar-refractivity contribution in [1.29, 1.82) is 0 Å². The molecule has 0 aliphatic carbocycles. The molecule has 0 radical (unpaired) electrons. The van der Waals surface area contributed by atoms with Crippen LogP contribution < -0.4 is 0 Å². The van der Waals surface area contributed by atoms with Gasteiger partial charge in [-0.1, -0.05) is 160 Å². The Balaban J connectivity index is 2.98. The Morgan fingerprint density at radius 2 is 0.607 bits per heavy atom. The number of unbranched alkanes of at least 4 members (excludes halogenated alkanes) is 23. The van der Waals surface area contributed by atoms with E-state index in [0.717, 1.165) is 0 Å². The molecule has 0 saturated heterocycles. The lowest BCUT2D eigenvalue weighted by atomic mass is 10.0. The summed E-state index contributed by atoms with van der Waals surface area (Å²) >= 11 is 0. The van der Waals surface area contributed by atoms with Gasteiger partial charge < -0.3 is 0 Å². The van der Waals surface area contributed by atoms with Gasteiger partial charge in [-0.3, -0.25) is 0 Å². The summed E-state index contributed by atoms with van der Waals surface area (Å²) in [5.41, 5.74) is 0. The van der Waals surface area contributed by atoms with Crippen LogP contribution in [-0.4, -0.2) is 0 Å². The summed E-state index contributed by atoms with van der Waals surface area (Å²) in [5.74, 6) is 0. The fourth-order valence-electron chi connectivity index (χ4n) is 4.21. The van der Waals surface area contributed by atoms with Gasteiger partial charge in [-0.25, -0.2) is 0 Å². The largest absolute Gasteiger partial charge is 0.0917 e. The van der Waals surface area contributed by atoms with Gasteiger partial charge in [-0.2, -0.15) is 0 Å². The van der Waals surface area contributed by atoms with Gasteiger partial charge >= 0.3 is 0 Å². The first-order valence-electron chi connectivity index (χ1n) is 13.5. The topological polar surface area (TPSA) is 0 Å². The zero-order valence-electron chi connectivity index (χ0n) is 20.1. The molecule has 168 valence electrons. The molecule has 0 bridgehead atoms. The van der Waals surface area contributed by atoms with E-state index in [1.165, 1.54) is 154 Å². The average Bonchev–Trinajstić information content (AvgIpc) is 2.71. The van der Waals surface area contributed by atoms with Crippen molar-refractivity contribution in [2.45, 2.75) is 168 Å². The van der Waals surface area contributed by atoms with Crippen molar-refractivity contribution < 1.29 is 0 Å². The van der Waals surface area contributed by atoms with E-state index in [2.05, 4.69) is 26.0 Å². The van der Waals surface area contributed by atoms with Gasteiger partial charge in [0.2, 0.25) is 0 Å². The standard InChI is InChI=1S/C28H56/c1-3-5-7-9-11-13-15-17-19-21-23-25-27-28-26-24-22-20-18-16-14-12-10-8-6-4-2/h3,5H,4,6-28H2,1-2H3. The molecule has 0 N–H and O–H groups in total. The van der Waals surface area contributed by atoms with Crippen LogP contribution in [0.1, 0.15) is 168 Å². The van der Waals surface area contributed by atoms with E-state index in [1.807, 2.05) is 0 Å². The van der Waals surface area contributed by atoms with Gasteiger partial charge in [0.25, 0.3) is 0 Å². The maximum atomic E-state index is 2.30. The first kappa shape index (κ1) is 27.7. The molecule has 0 amide bonds. The van der Waals surface area contributed by atoms with Crippen molar-refractivity contribution in [3.63, 3.8) is 0 Å². The smallest absolute Gasteiger partial charge is 0.0351 e. The fraction of sp³-hybridized carbons (Fsp3) is 0.929. The summed E-state index contributed by atoms with van der Waals surface area (Å²) in [7, 11) is 0. The molecule has 0 atom stereocenters. The Kier molecular flexibility index (Phi) is 26.5. The minimum absolute atomic E-state index is 1.29. The van der Waals surface area contributed by atoms with E-state index in [9.17, 15) is 0 Å². The lowest BCUT2D eigenvalue weighted by Crippen LogP contribution is -1.84. The number of allylic oxidation sites excluding steroid dienone is 2. The van der Waals surface area contributed by atoms with E-state index in [1.54, 1.807) is 0 Å². The quantitative estimate of drug-likeness (QED) is 0.113. The Labute approximate surface area is 180 Å². The number of hydrogen-bond donors (Lipinski definition) is 0. The van der Waals surface area contributed by atoms with E-state index in [4.69, 9.17) is 0 Å². The van der Waals surface area contributed by atoms with E-state index in [0.29, 0.717) is 0 Å². The normalized spacial score (nSPS) is 11.6. The van der Waals surface area contributed by atoms with Crippen LogP contribution in [0, 0.1) is 0 Å². The lowest BCUT2D eigenvalue weighted by Gasteiger charge is -2.04. The molecule has 0 heteroatoms. The summed E-state index contributed by atoms with van der Waals surface area (Å²) in [6.07, 6.45) is 39.6. The highest BCUT2D eigenvalue weighted by Crippen LogP contribution is 2.15. The predicted octanol–water partition coefficient (Wildman–Crippen LogP) is 10.9. The molecule has 28 heavy (non-hydrogen) atoms. The van der Waals surface area contributed by atoms with Crippen LogP contribution >= 0.6 is 0 Å². The van der Waals surface area contributed by atoms with Crippen molar-refractivity contribution in [1.82, 2.24) is 0 Å². The molecule has 0 rings (SSSR count). The molecule has 0 aliphatic rings. The molecule has 0 saturated carbocycles. The SMILES string of the molecule is CC=CCCCCCCCCCCCCCCCCCCCCCCCCC. The highest BCUT2D eigenvalue weighted by Gasteiger charge is 1.95. The number of rotatable bonds is 24. The number of hydrogen-bond acceptors (Lipinski definition) is 0. The minimum Gasteiger partial charge on any atom is -0.0917 e. The van der Waals surface area contributed by atoms with Gasteiger partial charge in [0.1, 0.15) is 0 Å². The molecule has 0 aromatic carbocycles. The molecular formula is C28H56. The molecule has 0 aliphatic heterocycles. The summed E-state index contributed by atoms with van der Waals surface area (Å²) in [6.45, 7) is 4.43. The monoisotopic (exact) mass is 392 g/mol. The van der Waals surface area contributed by atoms with Crippen molar-refractivity contribution in [2.24, 2.45) is 0 Å². The second-order valence-electron chi connectivity index (χ2n) is 9.14. The van der Waals surface area contributed by atoms with Crippen molar-refractivity contribution in [3.8, 4) is 0 Å². The first-order valence-corrected chi connectivity index (χ1v) is 13.5. The zero-order valence-corrected chi connectivity index (χ0v) is 20.1. The third kappa shape index (κ3) is 25.7. The van der Waals surface area contributed by atoms with Gasteiger partial charge in [0, 0.05) is 0 Å². The molecule has 0 spiro atoms. The van der Waals surface area contributed by atoms with Crippen LogP contribution in [0.15, 0.2) is 12.2 Å². The zero-order chi connectivity index (χ0) is 20.4. The minimum atomic E-state index is 1.29. The van der Waals surface area contributed by atoms with Crippen molar-refractivity contribution >= 4 is 0 Å². The highest BCUT2D eigenvalue weighted by atomic mass is 14.0. The second-order valence-corrected chi connectivity index (χ2v) is 9.14. The summed E-state index contributed by atoms with van der Waals surface area (Å²) in [5, 5.41) is 0. The van der Waals surface area contributed by atoms with E-state index in [-0.39, 0.29) is 0 Å². The molecule has 0 fully saturated rings. The van der Waals surface area contributed by atoms with Crippen LogP contribution in [0.3, 0.4) is 0 Å². The molecule has 0 nitrogen and oxygen atoms in total. The predicted molar refractivity (Wildman–Crippen MR) is 131 cm³/mol. The Morgan fingerprint density at radius 1 is 0.357 bits per heavy atom. The first-order chi connectivity index (χ1) is 13.9. The Hall–Kier alpha value is -0.260.